The first-order valence-electron chi connectivity index (χ1n) is 5.25. The minimum atomic E-state index is -0.122. The molecule has 0 aliphatic heterocycles. The summed E-state index contributed by atoms with van der Waals surface area (Å²) in [6.07, 6.45) is 1.07. The van der Waals surface area contributed by atoms with E-state index in [0.717, 1.165) is 5.69 Å². The third-order valence-corrected chi connectivity index (χ3v) is 2.26. The third-order valence-electron chi connectivity index (χ3n) is 2.26. The van der Waals surface area contributed by atoms with Crippen LogP contribution in [-0.2, 0) is 11.3 Å². The van der Waals surface area contributed by atoms with Crippen LogP contribution >= 0.6 is 0 Å². The van der Waals surface area contributed by atoms with Crippen LogP contribution in [0.2, 0.25) is 0 Å². The molecule has 0 bridgehead atoms. The Labute approximate surface area is 94.7 Å². The smallest absolute Gasteiger partial charge is 0.266 e. The maximum absolute atomic E-state index is 11.4. The number of carbonyl (C=O) groups excluding carboxylic acids is 1. The molecule has 0 saturated heterocycles. The fourth-order valence-corrected chi connectivity index (χ4v) is 1.31. The highest BCUT2D eigenvalue weighted by Gasteiger charge is 2.04. The second-order valence-corrected chi connectivity index (χ2v) is 3.93. The van der Waals surface area contributed by atoms with E-state index in [4.69, 9.17) is 0 Å². The fraction of sp³-hybridized carbons (Fsp3) is 0.545. The van der Waals surface area contributed by atoms with Crippen LogP contribution in [0.4, 0.5) is 0 Å². The van der Waals surface area contributed by atoms with E-state index in [9.17, 15) is 9.59 Å². The van der Waals surface area contributed by atoms with E-state index in [2.05, 4.69) is 5.10 Å². The predicted molar refractivity (Wildman–Crippen MR) is 61.2 cm³/mol. The maximum atomic E-state index is 11.4. The first-order valence-corrected chi connectivity index (χ1v) is 5.25. The Morgan fingerprint density at radius 2 is 2.12 bits per heavy atom. The summed E-state index contributed by atoms with van der Waals surface area (Å²) in [7, 11) is 3.44. The molecule has 0 N–H and O–H groups in total. The van der Waals surface area contributed by atoms with Crippen molar-refractivity contribution in [2.75, 3.05) is 14.1 Å². The van der Waals surface area contributed by atoms with Gasteiger partial charge in [-0.15, -0.1) is 0 Å². The van der Waals surface area contributed by atoms with Crippen molar-refractivity contribution in [1.29, 1.82) is 0 Å². The maximum Gasteiger partial charge on any atom is 0.266 e. The van der Waals surface area contributed by atoms with Gasteiger partial charge in [0.1, 0.15) is 0 Å². The Morgan fingerprint density at radius 3 is 2.75 bits per heavy atom. The minimum Gasteiger partial charge on any atom is -0.349 e. The highest BCUT2D eigenvalue weighted by atomic mass is 16.2. The highest BCUT2D eigenvalue weighted by molar-refractivity contribution is 5.75. The summed E-state index contributed by atoms with van der Waals surface area (Å²) in [5.41, 5.74) is 0.682. The first kappa shape index (κ1) is 12.4. The molecule has 0 spiro atoms. The lowest BCUT2D eigenvalue weighted by molar-refractivity contribution is -0.128. The van der Waals surface area contributed by atoms with Crippen molar-refractivity contribution in [2.45, 2.75) is 26.3 Å². The molecule has 16 heavy (non-hydrogen) atoms. The Hall–Kier alpha value is -1.65. The first-order chi connectivity index (χ1) is 7.50. The molecular weight excluding hydrogens is 206 g/mol. The van der Waals surface area contributed by atoms with E-state index >= 15 is 0 Å². The number of aryl methyl sites for hydroxylation is 2. The number of rotatable bonds is 4. The van der Waals surface area contributed by atoms with Crippen molar-refractivity contribution >= 4 is 5.91 Å². The van der Waals surface area contributed by atoms with E-state index in [0.29, 0.717) is 19.4 Å². The Morgan fingerprint density at radius 1 is 1.44 bits per heavy atom. The Balaban J connectivity index is 2.52. The van der Waals surface area contributed by atoms with Crippen LogP contribution in [0, 0.1) is 6.92 Å². The summed E-state index contributed by atoms with van der Waals surface area (Å²) in [4.78, 5) is 24.2. The number of nitrogens with zero attached hydrogens (tertiary/aromatic N) is 3. The zero-order chi connectivity index (χ0) is 12.1. The average Bonchev–Trinajstić information content (AvgIpc) is 2.22. The molecule has 88 valence electrons. The number of carbonyl (C=O) groups is 1. The van der Waals surface area contributed by atoms with Crippen molar-refractivity contribution < 1.29 is 4.79 Å². The van der Waals surface area contributed by atoms with Gasteiger partial charge in [0.25, 0.3) is 5.56 Å². The van der Waals surface area contributed by atoms with Crippen LogP contribution in [0.15, 0.2) is 16.9 Å². The normalized spacial score (nSPS) is 10.2. The zero-order valence-corrected chi connectivity index (χ0v) is 9.93. The van der Waals surface area contributed by atoms with Gasteiger partial charge in [-0.25, -0.2) is 4.68 Å². The second kappa shape index (κ2) is 5.44. The molecule has 0 unspecified atom stereocenters. The van der Waals surface area contributed by atoms with E-state index in [1.54, 1.807) is 25.1 Å². The summed E-state index contributed by atoms with van der Waals surface area (Å²) in [5.74, 6) is 0.0701. The van der Waals surface area contributed by atoms with E-state index in [1.807, 2.05) is 6.92 Å². The van der Waals surface area contributed by atoms with Gasteiger partial charge in [0.2, 0.25) is 5.91 Å². The van der Waals surface area contributed by atoms with E-state index in [1.165, 1.54) is 10.7 Å². The largest absolute Gasteiger partial charge is 0.349 e. The van der Waals surface area contributed by atoms with Crippen LogP contribution in [0.5, 0.6) is 0 Å². The molecule has 0 aliphatic rings. The second-order valence-electron chi connectivity index (χ2n) is 3.93. The van der Waals surface area contributed by atoms with Crippen LogP contribution in [0.3, 0.4) is 0 Å². The number of aromatic nitrogens is 2. The molecule has 5 nitrogen and oxygen atoms in total. The summed E-state index contributed by atoms with van der Waals surface area (Å²) in [6, 6.07) is 3.18. The monoisotopic (exact) mass is 223 g/mol. The molecule has 0 fully saturated rings. The molecule has 1 aromatic heterocycles. The van der Waals surface area contributed by atoms with Gasteiger partial charge in [-0.05, 0) is 19.4 Å². The van der Waals surface area contributed by atoms with Crippen LogP contribution in [-0.4, -0.2) is 34.7 Å². The van der Waals surface area contributed by atoms with Gasteiger partial charge < -0.3 is 4.90 Å². The van der Waals surface area contributed by atoms with Gasteiger partial charge in [-0.2, -0.15) is 5.10 Å². The van der Waals surface area contributed by atoms with Crippen molar-refractivity contribution in [3.05, 3.63) is 28.2 Å². The van der Waals surface area contributed by atoms with Gasteiger partial charge in [-0.1, -0.05) is 0 Å². The van der Waals surface area contributed by atoms with Gasteiger partial charge in [0.15, 0.2) is 0 Å². The van der Waals surface area contributed by atoms with E-state index < -0.39 is 0 Å². The molecule has 5 heteroatoms. The molecule has 1 heterocycles. The van der Waals surface area contributed by atoms with Crippen molar-refractivity contribution in [3.63, 3.8) is 0 Å². The number of amides is 1. The molecule has 0 atom stereocenters. The summed E-state index contributed by atoms with van der Waals surface area (Å²) in [6.45, 7) is 2.32. The molecule has 1 amide bonds. The Kier molecular flexibility index (Phi) is 4.22. The average molecular weight is 223 g/mol. The van der Waals surface area contributed by atoms with Crippen molar-refractivity contribution in [1.82, 2.24) is 14.7 Å². The summed E-state index contributed by atoms with van der Waals surface area (Å²) >= 11 is 0. The zero-order valence-electron chi connectivity index (χ0n) is 9.93. The van der Waals surface area contributed by atoms with Gasteiger partial charge in [0, 0.05) is 33.1 Å². The van der Waals surface area contributed by atoms with Gasteiger partial charge in [-0.3, -0.25) is 9.59 Å². The lowest BCUT2D eigenvalue weighted by Crippen LogP contribution is -2.25. The standard InChI is InChI=1S/C11H17N3O2/c1-9-6-7-11(16)14(12-9)8-4-5-10(15)13(2)3/h6-7H,4-5,8H2,1-3H3. The van der Waals surface area contributed by atoms with Crippen LogP contribution in [0.1, 0.15) is 18.5 Å². The van der Waals surface area contributed by atoms with Crippen LogP contribution < -0.4 is 5.56 Å². The minimum absolute atomic E-state index is 0.0701. The molecule has 1 rings (SSSR count). The van der Waals surface area contributed by atoms with Crippen molar-refractivity contribution in [2.24, 2.45) is 0 Å². The van der Waals surface area contributed by atoms with Crippen molar-refractivity contribution in [3.8, 4) is 0 Å². The SMILES string of the molecule is Cc1ccc(=O)n(CCCC(=O)N(C)C)n1. The molecule has 1 aromatic rings. The third kappa shape index (κ3) is 3.49. The summed E-state index contributed by atoms with van der Waals surface area (Å²) in [5, 5.41) is 4.09. The summed E-state index contributed by atoms with van der Waals surface area (Å²) < 4.78 is 1.40. The molecule has 0 aromatic carbocycles. The molecular formula is C11H17N3O2. The predicted octanol–water partition coefficient (Wildman–Crippen LogP) is 0.420. The number of hydrogen-bond donors (Lipinski definition) is 0. The molecule has 0 radical (unpaired) electrons. The number of hydrogen-bond acceptors (Lipinski definition) is 3. The quantitative estimate of drug-likeness (QED) is 0.743. The van der Waals surface area contributed by atoms with Crippen LogP contribution in [0.25, 0.3) is 0 Å². The Bertz CT molecular complexity index is 423. The molecule has 0 saturated carbocycles. The fourth-order valence-electron chi connectivity index (χ4n) is 1.31. The van der Waals surface area contributed by atoms with Gasteiger partial charge in [0.05, 0.1) is 5.69 Å². The highest BCUT2D eigenvalue weighted by Crippen LogP contribution is 1.96. The van der Waals surface area contributed by atoms with E-state index in [-0.39, 0.29) is 11.5 Å². The topological polar surface area (TPSA) is 55.2 Å². The lowest BCUT2D eigenvalue weighted by Gasteiger charge is -2.10. The lowest BCUT2D eigenvalue weighted by atomic mass is 10.3. The van der Waals surface area contributed by atoms with Gasteiger partial charge >= 0.3 is 0 Å². The molecule has 0 aliphatic carbocycles.